The summed E-state index contributed by atoms with van der Waals surface area (Å²) in [5.74, 6) is 0.701. The van der Waals surface area contributed by atoms with E-state index >= 15 is 0 Å². The van der Waals surface area contributed by atoms with Gasteiger partial charge in [-0.05, 0) is 25.3 Å². The highest BCUT2D eigenvalue weighted by Gasteiger charge is 2.10. The van der Waals surface area contributed by atoms with Gasteiger partial charge in [0.05, 0.1) is 10.7 Å². The van der Waals surface area contributed by atoms with Crippen LogP contribution in [0, 0.1) is 5.92 Å². The Kier molecular flexibility index (Phi) is 5.99. The van der Waals surface area contributed by atoms with E-state index in [9.17, 15) is 0 Å². The van der Waals surface area contributed by atoms with Crippen LogP contribution in [0.3, 0.4) is 0 Å². The standard InChI is InChI=1S/C13H24N2S/c1-5-7-14-9-12-11(6-2)15-13(16-12)8-10(3)4/h10,14H,5-9H2,1-4H3. The second-order valence-corrected chi connectivity index (χ2v) is 5.77. The average molecular weight is 240 g/mol. The fourth-order valence-electron chi connectivity index (χ4n) is 1.67. The van der Waals surface area contributed by atoms with Gasteiger partial charge >= 0.3 is 0 Å². The molecule has 1 rings (SSSR count). The molecule has 0 radical (unpaired) electrons. The van der Waals surface area contributed by atoms with Gasteiger partial charge in [-0.3, -0.25) is 0 Å². The molecule has 92 valence electrons. The third kappa shape index (κ3) is 4.22. The van der Waals surface area contributed by atoms with Crippen LogP contribution in [0.4, 0.5) is 0 Å². The fraction of sp³-hybridized carbons (Fsp3) is 0.769. The maximum atomic E-state index is 4.73. The lowest BCUT2D eigenvalue weighted by Crippen LogP contribution is -2.13. The normalized spacial score (nSPS) is 11.3. The Morgan fingerprint density at radius 1 is 1.31 bits per heavy atom. The van der Waals surface area contributed by atoms with Crippen LogP contribution >= 0.6 is 11.3 Å². The Morgan fingerprint density at radius 3 is 2.62 bits per heavy atom. The largest absolute Gasteiger partial charge is 0.312 e. The summed E-state index contributed by atoms with van der Waals surface area (Å²) in [6.45, 7) is 11.0. The van der Waals surface area contributed by atoms with Gasteiger partial charge in [0, 0.05) is 17.8 Å². The zero-order chi connectivity index (χ0) is 12.0. The van der Waals surface area contributed by atoms with E-state index in [-0.39, 0.29) is 0 Å². The van der Waals surface area contributed by atoms with Crippen molar-refractivity contribution in [1.82, 2.24) is 10.3 Å². The van der Waals surface area contributed by atoms with Crippen LogP contribution in [0.15, 0.2) is 0 Å². The minimum atomic E-state index is 0.701. The van der Waals surface area contributed by atoms with Crippen LogP contribution in [0.5, 0.6) is 0 Å². The van der Waals surface area contributed by atoms with E-state index in [2.05, 4.69) is 33.0 Å². The van der Waals surface area contributed by atoms with Crippen molar-refractivity contribution in [3.8, 4) is 0 Å². The van der Waals surface area contributed by atoms with Crippen LogP contribution in [-0.4, -0.2) is 11.5 Å². The van der Waals surface area contributed by atoms with E-state index < -0.39 is 0 Å². The third-order valence-electron chi connectivity index (χ3n) is 2.45. The summed E-state index contributed by atoms with van der Waals surface area (Å²) in [5.41, 5.74) is 1.30. The van der Waals surface area contributed by atoms with Gasteiger partial charge in [-0.15, -0.1) is 11.3 Å². The highest BCUT2D eigenvalue weighted by atomic mass is 32.1. The Labute approximate surface area is 103 Å². The Bertz CT molecular complexity index is 305. The van der Waals surface area contributed by atoms with Gasteiger partial charge in [-0.25, -0.2) is 4.98 Å². The number of aromatic nitrogens is 1. The topological polar surface area (TPSA) is 24.9 Å². The summed E-state index contributed by atoms with van der Waals surface area (Å²) in [6, 6.07) is 0. The quantitative estimate of drug-likeness (QED) is 0.739. The average Bonchev–Trinajstić information content (AvgIpc) is 2.60. The first-order valence-corrected chi connectivity index (χ1v) is 7.17. The number of aryl methyl sites for hydroxylation is 1. The molecule has 0 unspecified atom stereocenters. The summed E-state index contributed by atoms with van der Waals surface area (Å²) in [6.07, 6.45) is 3.36. The summed E-state index contributed by atoms with van der Waals surface area (Å²) >= 11 is 1.89. The Morgan fingerprint density at radius 2 is 2.06 bits per heavy atom. The summed E-state index contributed by atoms with van der Waals surface area (Å²) in [4.78, 5) is 6.16. The van der Waals surface area contributed by atoms with Crippen molar-refractivity contribution < 1.29 is 0 Å². The monoisotopic (exact) mass is 240 g/mol. The molecule has 3 heteroatoms. The maximum absolute atomic E-state index is 4.73. The van der Waals surface area contributed by atoms with E-state index in [1.54, 1.807) is 0 Å². The molecular formula is C13H24N2S. The molecule has 0 amide bonds. The predicted octanol–water partition coefficient (Wildman–Crippen LogP) is 3.40. The molecule has 1 heterocycles. The molecule has 0 aliphatic rings. The van der Waals surface area contributed by atoms with Gasteiger partial charge in [0.15, 0.2) is 0 Å². The molecule has 0 atom stereocenters. The summed E-state index contributed by atoms with van der Waals surface area (Å²) in [7, 11) is 0. The molecule has 0 aliphatic heterocycles. The van der Waals surface area contributed by atoms with Crippen LogP contribution in [0.2, 0.25) is 0 Å². The summed E-state index contributed by atoms with van der Waals surface area (Å²) in [5, 5.41) is 4.77. The first-order chi connectivity index (χ1) is 7.67. The van der Waals surface area contributed by atoms with E-state index in [4.69, 9.17) is 4.98 Å². The van der Waals surface area contributed by atoms with Crippen molar-refractivity contribution in [3.05, 3.63) is 15.6 Å². The van der Waals surface area contributed by atoms with Gasteiger partial charge in [-0.1, -0.05) is 27.7 Å². The molecule has 0 bridgehead atoms. The molecular weight excluding hydrogens is 216 g/mol. The molecule has 16 heavy (non-hydrogen) atoms. The maximum Gasteiger partial charge on any atom is 0.0934 e. The van der Waals surface area contributed by atoms with Crippen molar-refractivity contribution in [1.29, 1.82) is 0 Å². The van der Waals surface area contributed by atoms with Crippen LogP contribution in [0.25, 0.3) is 0 Å². The highest BCUT2D eigenvalue weighted by molar-refractivity contribution is 7.11. The van der Waals surface area contributed by atoms with Crippen molar-refractivity contribution >= 4 is 11.3 Å². The minimum Gasteiger partial charge on any atom is -0.312 e. The smallest absolute Gasteiger partial charge is 0.0934 e. The highest BCUT2D eigenvalue weighted by Crippen LogP contribution is 2.21. The predicted molar refractivity (Wildman–Crippen MR) is 72.0 cm³/mol. The number of hydrogen-bond donors (Lipinski definition) is 1. The zero-order valence-corrected chi connectivity index (χ0v) is 11.8. The van der Waals surface area contributed by atoms with Gasteiger partial charge in [0.1, 0.15) is 0 Å². The third-order valence-corrected chi connectivity index (χ3v) is 3.57. The van der Waals surface area contributed by atoms with Gasteiger partial charge in [0.2, 0.25) is 0 Å². The van der Waals surface area contributed by atoms with Crippen LogP contribution in [0.1, 0.15) is 49.7 Å². The fourth-order valence-corrected chi connectivity index (χ4v) is 3.01. The van der Waals surface area contributed by atoms with Crippen LogP contribution < -0.4 is 5.32 Å². The molecule has 0 fully saturated rings. The van der Waals surface area contributed by atoms with Crippen LogP contribution in [-0.2, 0) is 19.4 Å². The van der Waals surface area contributed by atoms with E-state index in [1.165, 1.54) is 22.0 Å². The van der Waals surface area contributed by atoms with Crippen molar-refractivity contribution in [2.24, 2.45) is 5.92 Å². The SMILES string of the molecule is CCCNCc1sc(CC(C)C)nc1CC. The van der Waals surface area contributed by atoms with Crippen molar-refractivity contribution in [3.63, 3.8) is 0 Å². The molecule has 0 saturated heterocycles. The van der Waals surface area contributed by atoms with Crippen molar-refractivity contribution in [2.75, 3.05) is 6.54 Å². The van der Waals surface area contributed by atoms with Crippen molar-refractivity contribution in [2.45, 2.75) is 53.5 Å². The second kappa shape index (κ2) is 7.02. The molecule has 0 saturated carbocycles. The second-order valence-electron chi connectivity index (χ2n) is 4.61. The number of thiazole rings is 1. The minimum absolute atomic E-state index is 0.701. The molecule has 0 aromatic carbocycles. The zero-order valence-electron chi connectivity index (χ0n) is 11.0. The van der Waals surface area contributed by atoms with E-state index in [0.717, 1.165) is 25.9 Å². The van der Waals surface area contributed by atoms with Gasteiger partial charge < -0.3 is 5.32 Å². The molecule has 0 aliphatic carbocycles. The Hall–Kier alpha value is -0.410. The number of hydrogen-bond acceptors (Lipinski definition) is 3. The molecule has 1 aromatic heterocycles. The van der Waals surface area contributed by atoms with E-state index in [1.807, 2.05) is 11.3 Å². The first kappa shape index (κ1) is 13.7. The van der Waals surface area contributed by atoms with E-state index in [0.29, 0.717) is 5.92 Å². The lowest BCUT2D eigenvalue weighted by Gasteiger charge is -2.01. The number of nitrogens with zero attached hydrogens (tertiary/aromatic N) is 1. The molecule has 0 spiro atoms. The summed E-state index contributed by atoms with van der Waals surface area (Å²) < 4.78 is 0. The molecule has 1 aromatic rings. The number of nitrogens with one attached hydrogen (secondary N) is 1. The van der Waals surface area contributed by atoms with Gasteiger partial charge in [-0.2, -0.15) is 0 Å². The lowest BCUT2D eigenvalue weighted by molar-refractivity contribution is 0.642. The van der Waals surface area contributed by atoms with Gasteiger partial charge in [0.25, 0.3) is 0 Å². The lowest BCUT2D eigenvalue weighted by atomic mass is 10.1. The molecule has 2 nitrogen and oxygen atoms in total. The Balaban J connectivity index is 2.62. The first-order valence-electron chi connectivity index (χ1n) is 6.35. The molecule has 1 N–H and O–H groups in total. The number of rotatable bonds is 7.